The topological polar surface area (TPSA) is 97.0 Å². The number of hydrogen-bond acceptors (Lipinski definition) is 7. The molecule has 1 amide bonds. The molecule has 1 atom stereocenters. The highest BCUT2D eigenvalue weighted by atomic mass is 32.2. The van der Waals surface area contributed by atoms with Crippen molar-refractivity contribution < 1.29 is 22.7 Å². The van der Waals surface area contributed by atoms with E-state index in [1.54, 1.807) is 0 Å². The molecule has 3 rings (SSSR count). The Hall–Kier alpha value is -1.78. The minimum Gasteiger partial charge on any atom is -0.379 e. The number of rotatable bonds is 7. The number of ether oxygens (including phenoxy) is 2. The standard InChI is InChI=1S/C20H29N3O5S/c24-19(15-28-20(29(25)26)18-3-1-2-8-21-18)22-13-16-4-6-17(7-5-16)14-23-9-11-27-12-10-23/h4-7,18,21H,1-3,8-15H2,(H,22,24). The van der Waals surface area contributed by atoms with Crippen LogP contribution in [0.15, 0.2) is 24.3 Å². The average molecular weight is 424 g/mol. The van der Waals surface area contributed by atoms with Gasteiger partial charge in [0.05, 0.1) is 19.3 Å². The predicted molar refractivity (Wildman–Crippen MR) is 110 cm³/mol. The van der Waals surface area contributed by atoms with Crippen molar-refractivity contribution in [3.63, 3.8) is 0 Å². The van der Waals surface area contributed by atoms with E-state index in [2.05, 4.69) is 27.7 Å². The Morgan fingerprint density at radius 1 is 1.17 bits per heavy atom. The van der Waals surface area contributed by atoms with Gasteiger partial charge in [-0.25, -0.2) is 0 Å². The molecule has 2 heterocycles. The summed E-state index contributed by atoms with van der Waals surface area (Å²) >= 11 is 0. The van der Waals surface area contributed by atoms with Crippen LogP contribution in [0.5, 0.6) is 0 Å². The molecule has 0 aliphatic carbocycles. The lowest BCUT2D eigenvalue weighted by atomic mass is 10.1. The first-order valence-corrected chi connectivity index (χ1v) is 11.2. The Morgan fingerprint density at radius 2 is 1.90 bits per heavy atom. The minimum atomic E-state index is -2.47. The Balaban J connectivity index is 1.42. The lowest BCUT2D eigenvalue weighted by Crippen LogP contribution is -2.43. The predicted octanol–water partition coefficient (Wildman–Crippen LogP) is 0.303. The fourth-order valence-electron chi connectivity index (χ4n) is 3.49. The molecule has 0 saturated carbocycles. The Bertz CT molecular complexity index is 790. The lowest BCUT2D eigenvalue weighted by Gasteiger charge is -2.26. The van der Waals surface area contributed by atoms with Gasteiger partial charge < -0.3 is 20.1 Å². The number of piperidine rings is 1. The van der Waals surface area contributed by atoms with E-state index in [0.29, 0.717) is 13.0 Å². The van der Waals surface area contributed by atoms with Crippen LogP contribution >= 0.6 is 0 Å². The fourth-order valence-corrected chi connectivity index (χ4v) is 4.07. The van der Waals surface area contributed by atoms with E-state index in [-0.39, 0.29) is 23.6 Å². The van der Waals surface area contributed by atoms with Crippen LogP contribution in [0.4, 0.5) is 0 Å². The zero-order chi connectivity index (χ0) is 20.5. The molecule has 1 unspecified atom stereocenters. The second-order valence-electron chi connectivity index (χ2n) is 7.33. The van der Waals surface area contributed by atoms with Crippen LogP contribution in [0.25, 0.3) is 0 Å². The van der Waals surface area contributed by atoms with Gasteiger partial charge in [0.1, 0.15) is 6.61 Å². The molecular weight excluding hydrogens is 394 g/mol. The maximum atomic E-state index is 12.1. The van der Waals surface area contributed by atoms with Crippen LogP contribution < -0.4 is 10.6 Å². The van der Waals surface area contributed by atoms with E-state index in [4.69, 9.17) is 9.47 Å². The van der Waals surface area contributed by atoms with Crippen molar-refractivity contribution in [3.05, 3.63) is 35.4 Å². The third-order valence-electron chi connectivity index (χ3n) is 5.13. The molecule has 1 aromatic rings. The van der Waals surface area contributed by atoms with E-state index in [1.165, 1.54) is 5.56 Å². The number of nitrogens with one attached hydrogen (secondary N) is 2. The van der Waals surface area contributed by atoms with Crippen molar-refractivity contribution in [2.24, 2.45) is 0 Å². The zero-order valence-electron chi connectivity index (χ0n) is 16.6. The van der Waals surface area contributed by atoms with E-state index >= 15 is 0 Å². The van der Waals surface area contributed by atoms with Crippen LogP contribution in [0, 0.1) is 0 Å². The SMILES string of the molecule is O=C(COC(C1CCCCN1)=S(=O)=O)NCc1ccc(CN2CCOCC2)cc1. The Labute approximate surface area is 173 Å². The van der Waals surface area contributed by atoms with Gasteiger partial charge in [0.25, 0.3) is 0 Å². The zero-order valence-corrected chi connectivity index (χ0v) is 17.4. The van der Waals surface area contributed by atoms with Gasteiger partial charge in [0.2, 0.25) is 16.2 Å². The quantitative estimate of drug-likeness (QED) is 0.609. The molecule has 0 spiro atoms. The molecule has 0 aromatic heterocycles. The summed E-state index contributed by atoms with van der Waals surface area (Å²) < 4.78 is 33.5. The molecule has 2 fully saturated rings. The number of amides is 1. The first-order valence-electron chi connectivity index (χ1n) is 10.1. The summed E-state index contributed by atoms with van der Waals surface area (Å²) in [6, 6.07) is 7.78. The summed E-state index contributed by atoms with van der Waals surface area (Å²) in [7, 11) is -2.47. The highest BCUT2D eigenvalue weighted by Crippen LogP contribution is 2.10. The van der Waals surface area contributed by atoms with E-state index in [9.17, 15) is 13.2 Å². The molecule has 2 N–H and O–H groups in total. The third-order valence-corrected chi connectivity index (χ3v) is 5.86. The molecule has 9 heteroatoms. The van der Waals surface area contributed by atoms with E-state index in [0.717, 1.165) is 57.8 Å². The molecule has 160 valence electrons. The van der Waals surface area contributed by atoms with Gasteiger partial charge in [-0.2, -0.15) is 8.42 Å². The number of morpholine rings is 1. The third kappa shape index (κ3) is 7.20. The average Bonchev–Trinajstić information content (AvgIpc) is 2.75. The number of hydrogen-bond donors (Lipinski definition) is 2. The Morgan fingerprint density at radius 3 is 2.55 bits per heavy atom. The number of carbonyl (C=O) groups is 1. The van der Waals surface area contributed by atoms with Crippen LogP contribution in [0.1, 0.15) is 30.4 Å². The van der Waals surface area contributed by atoms with E-state index in [1.807, 2.05) is 12.1 Å². The molecule has 8 nitrogen and oxygen atoms in total. The maximum absolute atomic E-state index is 12.1. The van der Waals surface area contributed by atoms with Crippen LogP contribution in [0.3, 0.4) is 0 Å². The van der Waals surface area contributed by atoms with Crippen molar-refractivity contribution in [3.8, 4) is 0 Å². The van der Waals surface area contributed by atoms with Crippen molar-refractivity contribution in [1.82, 2.24) is 15.5 Å². The lowest BCUT2D eigenvalue weighted by molar-refractivity contribution is -0.123. The molecule has 29 heavy (non-hydrogen) atoms. The number of carbonyl (C=O) groups excluding carboxylic acids is 1. The molecule has 2 saturated heterocycles. The highest BCUT2D eigenvalue weighted by Gasteiger charge is 2.21. The Kier molecular flexibility index (Phi) is 8.63. The summed E-state index contributed by atoms with van der Waals surface area (Å²) in [4.78, 5) is 14.4. The second kappa shape index (κ2) is 11.4. The molecule has 0 bridgehead atoms. The smallest absolute Gasteiger partial charge is 0.246 e. The molecule has 0 radical (unpaired) electrons. The van der Waals surface area contributed by atoms with Gasteiger partial charge in [0, 0.05) is 26.2 Å². The van der Waals surface area contributed by atoms with Crippen LogP contribution in [-0.4, -0.2) is 69.8 Å². The normalized spacial score (nSPS) is 20.2. The van der Waals surface area contributed by atoms with Gasteiger partial charge in [-0.3, -0.25) is 9.69 Å². The van der Waals surface area contributed by atoms with Crippen molar-refractivity contribution in [1.29, 1.82) is 0 Å². The summed E-state index contributed by atoms with van der Waals surface area (Å²) in [5, 5.41) is 5.81. The second-order valence-corrected chi connectivity index (χ2v) is 8.20. The van der Waals surface area contributed by atoms with Gasteiger partial charge in [-0.1, -0.05) is 30.7 Å². The van der Waals surface area contributed by atoms with Gasteiger partial charge >= 0.3 is 0 Å². The highest BCUT2D eigenvalue weighted by molar-refractivity contribution is 7.72. The van der Waals surface area contributed by atoms with Gasteiger partial charge in [0.15, 0.2) is 5.05 Å². The fraction of sp³-hybridized carbons (Fsp3) is 0.600. The van der Waals surface area contributed by atoms with Gasteiger partial charge in [-0.15, -0.1) is 0 Å². The monoisotopic (exact) mass is 423 g/mol. The van der Waals surface area contributed by atoms with Crippen molar-refractivity contribution in [2.75, 3.05) is 39.5 Å². The van der Waals surface area contributed by atoms with E-state index < -0.39 is 10.3 Å². The maximum Gasteiger partial charge on any atom is 0.246 e. The summed E-state index contributed by atoms with van der Waals surface area (Å²) in [5.74, 6) is -0.346. The largest absolute Gasteiger partial charge is 0.379 e. The minimum absolute atomic E-state index is 0.0766. The number of benzene rings is 1. The molecule has 1 aromatic carbocycles. The first-order chi connectivity index (χ1) is 14.1. The molecule has 2 aliphatic heterocycles. The summed E-state index contributed by atoms with van der Waals surface area (Å²) in [6.07, 6.45) is 2.65. The van der Waals surface area contributed by atoms with Gasteiger partial charge in [-0.05, 0) is 30.5 Å². The van der Waals surface area contributed by atoms with Crippen molar-refractivity contribution >= 4 is 21.3 Å². The first kappa shape index (κ1) is 21.9. The van der Waals surface area contributed by atoms with Crippen LogP contribution in [0.2, 0.25) is 0 Å². The summed E-state index contributed by atoms with van der Waals surface area (Å²) in [6.45, 7) is 5.16. The molecular formula is C20H29N3O5S. The van der Waals surface area contributed by atoms with Crippen LogP contribution in [-0.2, 0) is 37.7 Å². The van der Waals surface area contributed by atoms with Crippen molar-refractivity contribution in [2.45, 2.75) is 38.4 Å². The number of nitrogens with zero attached hydrogens (tertiary/aromatic N) is 1. The summed E-state index contributed by atoms with van der Waals surface area (Å²) in [5.41, 5.74) is 2.21. The molecule has 2 aliphatic rings.